The van der Waals surface area contributed by atoms with E-state index in [9.17, 15) is 0 Å². The van der Waals surface area contributed by atoms with Crippen LogP contribution in [0.25, 0.3) is 0 Å². The highest BCUT2D eigenvalue weighted by atomic mass is 79.9. The third-order valence-electron chi connectivity index (χ3n) is 2.78. The molecule has 18 heavy (non-hydrogen) atoms. The number of ether oxygens (including phenoxy) is 2. The Bertz CT molecular complexity index is 430. The lowest BCUT2D eigenvalue weighted by Gasteiger charge is -2.12. The van der Waals surface area contributed by atoms with Crippen LogP contribution in [0, 0.1) is 0 Å². The van der Waals surface area contributed by atoms with Crippen LogP contribution in [0.5, 0.6) is 11.5 Å². The van der Waals surface area contributed by atoms with Crippen molar-refractivity contribution in [1.29, 1.82) is 0 Å². The summed E-state index contributed by atoms with van der Waals surface area (Å²) in [4.78, 5) is 0. The van der Waals surface area contributed by atoms with Crippen LogP contribution < -0.4 is 14.8 Å². The van der Waals surface area contributed by atoms with Gasteiger partial charge in [-0.05, 0) is 30.5 Å². The second-order valence-electron chi connectivity index (χ2n) is 4.45. The topological polar surface area (TPSA) is 30.5 Å². The van der Waals surface area contributed by atoms with Crippen LogP contribution in [-0.2, 0) is 6.54 Å². The molecule has 3 nitrogen and oxygen atoms in total. The number of methoxy groups -OCH3 is 1. The Morgan fingerprint density at radius 1 is 1.44 bits per heavy atom. The van der Waals surface area contributed by atoms with E-state index in [-0.39, 0.29) is 0 Å². The average molecular weight is 312 g/mol. The predicted molar refractivity (Wildman–Crippen MR) is 76.4 cm³/mol. The molecular formula is C14H18BrNO2. The molecule has 1 aromatic rings. The molecule has 4 heteroatoms. The van der Waals surface area contributed by atoms with Gasteiger partial charge < -0.3 is 14.8 Å². The lowest BCUT2D eigenvalue weighted by atomic mass is 10.2. The summed E-state index contributed by atoms with van der Waals surface area (Å²) in [6, 6.07) is 6.73. The summed E-state index contributed by atoms with van der Waals surface area (Å²) in [5.74, 6) is 1.51. The third kappa shape index (κ3) is 4.03. The van der Waals surface area contributed by atoms with Gasteiger partial charge in [-0.25, -0.2) is 0 Å². The maximum atomic E-state index is 5.65. The van der Waals surface area contributed by atoms with Gasteiger partial charge in [0.2, 0.25) is 0 Å². The largest absolute Gasteiger partial charge is 0.493 e. The summed E-state index contributed by atoms with van der Waals surface area (Å²) >= 11 is 3.28. The fourth-order valence-corrected chi connectivity index (χ4v) is 1.76. The van der Waals surface area contributed by atoms with E-state index >= 15 is 0 Å². The Morgan fingerprint density at radius 2 is 2.22 bits per heavy atom. The molecule has 0 bridgehead atoms. The van der Waals surface area contributed by atoms with Crippen molar-refractivity contribution in [2.24, 2.45) is 0 Å². The highest BCUT2D eigenvalue weighted by Gasteiger charge is 2.20. The Kier molecular flexibility index (Phi) is 4.66. The maximum absolute atomic E-state index is 5.65. The molecule has 1 fully saturated rings. The molecule has 0 aromatic heterocycles. The predicted octanol–water partition coefficient (Wildman–Crippen LogP) is 3.23. The monoisotopic (exact) mass is 311 g/mol. The molecule has 1 N–H and O–H groups in total. The number of nitrogens with one attached hydrogen (secondary N) is 1. The standard InChI is InChI=1S/C14H18BrNO2/c1-10(15)9-18-14-7-11(3-6-13(14)17-2)8-16-12-4-5-12/h3,6-7,12,16H,1,4-5,8-9H2,2H3. The number of hydrogen-bond acceptors (Lipinski definition) is 3. The summed E-state index contributed by atoms with van der Waals surface area (Å²) in [5.41, 5.74) is 1.21. The van der Waals surface area contributed by atoms with Gasteiger partial charge in [-0.2, -0.15) is 0 Å². The minimum atomic E-state index is 0.440. The lowest BCUT2D eigenvalue weighted by molar-refractivity contribution is 0.324. The summed E-state index contributed by atoms with van der Waals surface area (Å²) in [7, 11) is 1.65. The van der Waals surface area contributed by atoms with Crippen LogP contribution in [0.2, 0.25) is 0 Å². The first-order valence-corrected chi connectivity index (χ1v) is 6.84. The van der Waals surface area contributed by atoms with Crippen LogP contribution in [0.1, 0.15) is 18.4 Å². The Morgan fingerprint density at radius 3 is 2.83 bits per heavy atom. The Balaban J connectivity index is 2.02. The quantitative estimate of drug-likeness (QED) is 0.838. The third-order valence-corrected chi connectivity index (χ3v) is 3.01. The van der Waals surface area contributed by atoms with Crippen LogP contribution in [-0.4, -0.2) is 19.8 Å². The average Bonchev–Trinajstić information content (AvgIpc) is 3.18. The van der Waals surface area contributed by atoms with Gasteiger partial charge in [0.1, 0.15) is 6.61 Å². The van der Waals surface area contributed by atoms with Gasteiger partial charge in [-0.1, -0.05) is 28.6 Å². The first kappa shape index (κ1) is 13.4. The van der Waals surface area contributed by atoms with Gasteiger partial charge in [0.15, 0.2) is 11.5 Å². The molecule has 0 heterocycles. The summed E-state index contributed by atoms with van der Waals surface area (Å²) < 4.78 is 11.7. The summed E-state index contributed by atoms with van der Waals surface area (Å²) in [6.07, 6.45) is 2.59. The number of benzene rings is 1. The fourth-order valence-electron chi connectivity index (χ4n) is 1.65. The van der Waals surface area contributed by atoms with Gasteiger partial charge in [0.25, 0.3) is 0 Å². The van der Waals surface area contributed by atoms with Gasteiger partial charge in [-0.3, -0.25) is 0 Å². The van der Waals surface area contributed by atoms with Gasteiger partial charge >= 0.3 is 0 Å². The second-order valence-corrected chi connectivity index (χ2v) is 5.57. The zero-order chi connectivity index (χ0) is 13.0. The smallest absolute Gasteiger partial charge is 0.162 e. The van der Waals surface area contributed by atoms with E-state index in [1.807, 2.05) is 12.1 Å². The molecule has 1 aromatic carbocycles. The van der Waals surface area contributed by atoms with Gasteiger partial charge in [0.05, 0.1) is 7.11 Å². The zero-order valence-corrected chi connectivity index (χ0v) is 12.1. The van der Waals surface area contributed by atoms with E-state index in [4.69, 9.17) is 9.47 Å². The van der Waals surface area contributed by atoms with Crippen molar-refractivity contribution in [1.82, 2.24) is 5.32 Å². The molecule has 1 aliphatic carbocycles. The molecule has 0 aliphatic heterocycles. The number of rotatable bonds is 7. The van der Waals surface area contributed by atoms with Crippen molar-refractivity contribution in [2.45, 2.75) is 25.4 Å². The van der Waals surface area contributed by atoms with Crippen molar-refractivity contribution >= 4 is 15.9 Å². The molecular weight excluding hydrogens is 294 g/mol. The molecule has 0 unspecified atom stereocenters. The first-order chi connectivity index (χ1) is 8.69. The van der Waals surface area contributed by atoms with E-state index in [0.717, 1.165) is 22.5 Å². The highest BCUT2D eigenvalue weighted by molar-refractivity contribution is 9.11. The summed E-state index contributed by atoms with van der Waals surface area (Å²) in [5, 5.41) is 3.48. The van der Waals surface area contributed by atoms with E-state index < -0.39 is 0 Å². The summed E-state index contributed by atoms with van der Waals surface area (Å²) in [6.45, 7) is 5.07. The SMILES string of the molecule is C=C(Br)COc1cc(CNC2CC2)ccc1OC. The molecule has 1 saturated carbocycles. The zero-order valence-electron chi connectivity index (χ0n) is 10.5. The van der Waals surface area contributed by atoms with Crippen molar-refractivity contribution in [3.05, 3.63) is 34.8 Å². The van der Waals surface area contributed by atoms with E-state index in [1.165, 1.54) is 18.4 Å². The number of hydrogen-bond donors (Lipinski definition) is 1. The van der Waals surface area contributed by atoms with Crippen molar-refractivity contribution in [3.8, 4) is 11.5 Å². The van der Waals surface area contributed by atoms with Crippen LogP contribution in [0.15, 0.2) is 29.3 Å². The second kappa shape index (κ2) is 6.25. The van der Waals surface area contributed by atoms with E-state index in [1.54, 1.807) is 7.11 Å². The normalized spacial score (nSPS) is 14.3. The van der Waals surface area contributed by atoms with Crippen LogP contribution in [0.4, 0.5) is 0 Å². The first-order valence-electron chi connectivity index (χ1n) is 6.05. The lowest BCUT2D eigenvalue weighted by Crippen LogP contribution is -2.15. The van der Waals surface area contributed by atoms with Crippen LogP contribution in [0.3, 0.4) is 0 Å². The van der Waals surface area contributed by atoms with Crippen molar-refractivity contribution in [3.63, 3.8) is 0 Å². The molecule has 0 spiro atoms. The molecule has 0 saturated heterocycles. The van der Waals surface area contributed by atoms with Gasteiger partial charge in [-0.15, -0.1) is 0 Å². The maximum Gasteiger partial charge on any atom is 0.162 e. The van der Waals surface area contributed by atoms with E-state index in [0.29, 0.717) is 12.6 Å². The van der Waals surface area contributed by atoms with Crippen LogP contribution >= 0.6 is 15.9 Å². The van der Waals surface area contributed by atoms with Gasteiger partial charge in [0, 0.05) is 17.1 Å². The molecule has 0 radical (unpaired) electrons. The molecule has 98 valence electrons. The molecule has 0 amide bonds. The molecule has 1 aliphatic rings. The minimum Gasteiger partial charge on any atom is -0.493 e. The molecule has 0 atom stereocenters. The molecule has 2 rings (SSSR count). The Labute approximate surface area is 116 Å². The highest BCUT2D eigenvalue weighted by Crippen LogP contribution is 2.29. The van der Waals surface area contributed by atoms with Crippen molar-refractivity contribution < 1.29 is 9.47 Å². The van der Waals surface area contributed by atoms with E-state index in [2.05, 4.69) is 33.9 Å². The minimum absolute atomic E-state index is 0.440. The Hall–Kier alpha value is -1.00. The number of halogens is 1. The van der Waals surface area contributed by atoms with Crippen molar-refractivity contribution in [2.75, 3.05) is 13.7 Å². The fraction of sp³-hybridized carbons (Fsp3) is 0.429.